The van der Waals surface area contributed by atoms with Crippen molar-refractivity contribution >= 4 is 21.4 Å². The third-order valence-electron chi connectivity index (χ3n) is 3.37. The Hall–Kier alpha value is -0.430. The number of aliphatic hydroxyl groups is 1. The van der Waals surface area contributed by atoms with E-state index in [1.165, 1.54) is 11.3 Å². The quantitative estimate of drug-likeness (QED) is 0.902. The molecule has 1 saturated heterocycles. The van der Waals surface area contributed by atoms with E-state index in [4.69, 9.17) is 5.11 Å². The molecule has 1 atom stereocenters. The third-order valence-corrected chi connectivity index (χ3v) is 6.28. The molecular formula is C12H19NO3S2. The van der Waals surface area contributed by atoms with Gasteiger partial charge in [0.05, 0.1) is 11.5 Å². The van der Waals surface area contributed by atoms with Gasteiger partial charge in [-0.3, -0.25) is 0 Å². The molecule has 1 fully saturated rings. The Labute approximate surface area is 112 Å². The molecule has 6 heteroatoms. The second-order valence-electron chi connectivity index (χ2n) is 4.71. The Kier molecular flexibility index (Phi) is 4.42. The van der Waals surface area contributed by atoms with Crippen molar-refractivity contribution in [1.82, 2.24) is 4.31 Å². The minimum absolute atomic E-state index is 0.0986. The van der Waals surface area contributed by atoms with Gasteiger partial charge in [0.15, 0.2) is 0 Å². The van der Waals surface area contributed by atoms with Crippen molar-refractivity contribution in [3.05, 3.63) is 16.3 Å². The van der Waals surface area contributed by atoms with E-state index >= 15 is 0 Å². The van der Waals surface area contributed by atoms with Crippen LogP contribution in [0.3, 0.4) is 0 Å². The van der Waals surface area contributed by atoms with E-state index in [-0.39, 0.29) is 6.61 Å². The van der Waals surface area contributed by atoms with Gasteiger partial charge in [-0.2, -0.15) is 4.31 Å². The largest absolute Gasteiger partial charge is 0.391 e. The Balaban J connectivity index is 2.12. The number of hydrogen-bond donors (Lipinski definition) is 1. The molecule has 102 valence electrons. The zero-order chi connectivity index (χ0) is 13.2. The summed E-state index contributed by atoms with van der Waals surface area (Å²) in [6, 6.07) is 1.58. The van der Waals surface area contributed by atoms with Crippen molar-refractivity contribution in [1.29, 1.82) is 0 Å². The Morgan fingerprint density at radius 3 is 2.94 bits per heavy atom. The van der Waals surface area contributed by atoms with Crippen molar-refractivity contribution in [2.75, 3.05) is 13.1 Å². The van der Waals surface area contributed by atoms with Crippen LogP contribution in [-0.4, -0.2) is 30.9 Å². The Morgan fingerprint density at radius 2 is 2.33 bits per heavy atom. The minimum atomic E-state index is -3.35. The van der Waals surface area contributed by atoms with Gasteiger partial charge in [0.1, 0.15) is 0 Å². The van der Waals surface area contributed by atoms with Crippen molar-refractivity contribution in [3.8, 4) is 0 Å². The van der Waals surface area contributed by atoms with Gasteiger partial charge >= 0.3 is 0 Å². The van der Waals surface area contributed by atoms with Crippen LogP contribution in [0.5, 0.6) is 0 Å². The first kappa shape index (κ1) is 14.0. The molecule has 0 aliphatic carbocycles. The summed E-state index contributed by atoms with van der Waals surface area (Å²) in [5, 5.41) is 10.6. The molecule has 0 radical (unpaired) electrons. The first-order valence-corrected chi connectivity index (χ1v) is 8.58. The van der Waals surface area contributed by atoms with Crippen LogP contribution in [0.1, 0.15) is 31.1 Å². The molecule has 1 unspecified atom stereocenters. The summed E-state index contributed by atoms with van der Waals surface area (Å²) >= 11 is 1.29. The van der Waals surface area contributed by atoms with E-state index in [9.17, 15) is 8.42 Å². The lowest BCUT2D eigenvalue weighted by atomic mass is 10.0. The Morgan fingerprint density at radius 1 is 1.56 bits per heavy atom. The molecule has 0 spiro atoms. The highest BCUT2D eigenvalue weighted by Gasteiger charge is 2.32. The summed E-state index contributed by atoms with van der Waals surface area (Å²) in [6.45, 7) is 3.29. The first-order valence-electron chi connectivity index (χ1n) is 6.26. The zero-order valence-electron chi connectivity index (χ0n) is 10.5. The number of sulfonamides is 1. The highest BCUT2D eigenvalue weighted by atomic mass is 32.2. The van der Waals surface area contributed by atoms with Gasteiger partial charge in [0.25, 0.3) is 0 Å². The van der Waals surface area contributed by atoms with E-state index in [2.05, 4.69) is 6.92 Å². The van der Waals surface area contributed by atoms with E-state index in [0.29, 0.717) is 28.8 Å². The molecule has 1 aromatic rings. The van der Waals surface area contributed by atoms with Crippen molar-refractivity contribution in [2.24, 2.45) is 5.92 Å². The highest BCUT2D eigenvalue weighted by Crippen LogP contribution is 2.29. The molecule has 4 nitrogen and oxygen atoms in total. The van der Waals surface area contributed by atoms with E-state index in [1.54, 1.807) is 15.8 Å². The highest BCUT2D eigenvalue weighted by molar-refractivity contribution is 7.89. The molecule has 0 amide bonds. The van der Waals surface area contributed by atoms with Gasteiger partial charge in [-0.25, -0.2) is 8.42 Å². The van der Waals surface area contributed by atoms with E-state index in [0.717, 1.165) is 19.3 Å². The fraction of sp³-hybridized carbons (Fsp3) is 0.667. The predicted molar refractivity (Wildman–Crippen MR) is 72.0 cm³/mol. The van der Waals surface area contributed by atoms with Gasteiger partial charge < -0.3 is 5.11 Å². The molecule has 0 saturated carbocycles. The SMILES string of the molecule is CCCC1CCN(S(=O)(=O)c2csc(CO)c2)C1. The Bertz CT molecular complexity index is 495. The average molecular weight is 289 g/mol. The smallest absolute Gasteiger partial charge is 0.243 e. The standard InChI is InChI=1S/C12H19NO3S2/c1-2-3-10-4-5-13(7-10)18(15,16)12-6-11(8-14)17-9-12/h6,9-10,14H,2-5,7-8H2,1H3. The molecule has 0 bridgehead atoms. The zero-order valence-corrected chi connectivity index (χ0v) is 12.1. The molecule has 1 N–H and O–H groups in total. The van der Waals surface area contributed by atoms with Crippen LogP contribution in [0.2, 0.25) is 0 Å². The predicted octanol–water partition coefficient (Wildman–Crippen LogP) is 2.05. The lowest BCUT2D eigenvalue weighted by Gasteiger charge is -2.15. The van der Waals surface area contributed by atoms with Crippen molar-refractivity contribution in [2.45, 2.75) is 37.7 Å². The van der Waals surface area contributed by atoms with Crippen LogP contribution < -0.4 is 0 Å². The maximum Gasteiger partial charge on any atom is 0.243 e. The molecule has 2 heterocycles. The van der Waals surface area contributed by atoms with Crippen LogP contribution >= 0.6 is 11.3 Å². The van der Waals surface area contributed by atoms with Crippen LogP contribution in [0.15, 0.2) is 16.3 Å². The maximum atomic E-state index is 12.4. The second-order valence-corrected chi connectivity index (χ2v) is 7.65. The van der Waals surface area contributed by atoms with Gasteiger partial charge in [-0.05, 0) is 24.8 Å². The fourth-order valence-electron chi connectivity index (χ4n) is 2.39. The molecule has 0 aromatic carbocycles. The number of thiophene rings is 1. The van der Waals surface area contributed by atoms with Crippen molar-refractivity contribution in [3.63, 3.8) is 0 Å². The molecule has 1 aliphatic rings. The number of rotatable bonds is 5. The number of hydrogen-bond acceptors (Lipinski definition) is 4. The number of aliphatic hydroxyl groups excluding tert-OH is 1. The van der Waals surface area contributed by atoms with Gasteiger partial charge in [0.2, 0.25) is 10.0 Å². The monoisotopic (exact) mass is 289 g/mol. The van der Waals surface area contributed by atoms with E-state index < -0.39 is 10.0 Å². The molecule has 1 aromatic heterocycles. The minimum Gasteiger partial charge on any atom is -0.391 e. The van der Waals surface area contributed by atoms with Crippen LogP contribution in [0.25, 0.3) is 0 Å². The molecule has 1 aliphatic heterocycles. The summed E-state index contributed by atoms with van der Waals surface area (Å²) in [4.78, 5) is 1.02. The lowest BCUT2D eigenvalue weighted by Crippen LogP contribution is -2.28. The van der Waals surface area contributed by atoms with Gasteiger partial charge in [-0.15, -0.1) is 11.3 Å². The maximum absolute atomic E-state index is 12.4. The van der Waals surface area contributed by atoms with Crippen LogP contribution in [-0.2, 0) is 16.6 Å². The third kappa shape index (κ3) is 2.77. The van der Waals surface area contributed by atoms with Crippen LogP contribution in [0, 0.1) is 5.92 Å². The summed E-state index contributed by atoms with van der Waals surface area (Å²) in [5.41, 5.74) is 0. The number of nitrogens with zero attached hydrogens (tertiary/aromatic N) is 1. The van der Waals surface area contributed by atoms with Crippen LogP contribution in [0.4, 0.5) is 0 Å². The van der Waals surface area contributed by atoms with E-state index in [1.807, 2.05) is 0 Å². The summed E-state index contributed by atoms with van der Waals surface area (Å²) in [7, 11) is -3.35. The summed E-state index contributed by atoms with van der Waals surface area (Å²) in [5.74, 6) is 0.501. The molecule has 2 rings (SSSR count). The molecule has 18 heavy (non-hydrogen) atoms. The first-order chi connectivity index (χ1) is 8.57. The van der Waals surface area contributed by atoms with Crippen molar-refractivity contribution < 1.29 is 13.5 Å². The van der Waals surface area contributed by atoms with Gasteiger partial charge in [-0.1, -0.05) is 13.3 Å². The topological polar surface area (TPSA) is 57.6 Å². The molecular weight excluding hydrogens is 270 g/mol. The average Bonchev–Trinajstić information content (AvgIpc) is 2.98. The lowest BCUT2D eigenvalue weighted by molar-refractivity contribution is 0.285. The normalized spacial score (nSPS) is 21.6. The summed E-state index contributed by atoms with van der Waals surface area (Å²) < 4.78 is 26.3. The fourth-order valence-corrected chi connectivity index (χ4v) is 5.04. The second kappa shape index (κ2) is 5.69. The summed E-state index contributed by atoms with van der Waals surface area (Å²) in [6.07, 6.45) is 3.16. The van der Waals surface area contributed by atoms with Gasteiger partial charge in [0, 0.05) is 23.3 Å².